The average molecular weight is 336 g/mol. The van der Waals surface area contributed by atoms with Gasteiger partial charge in [0.1, 0.15) is 0 Å². The minimum absolute atomic E-state index is 0.0330. The highest BCUT2D eigenvalue weighted by Crippen LogP contribution is 2.19. The fourth-order valence-corrected chi connectivity index (χ4v) is 2.41. The van der Waals surface area contributed by atoms with Gasteiger partial charge in [0.25, 0.3) is 11.6 Å². The van der Waals surface area contributed by atoms with Gasteiger partial charge in [-0.15, -0.1) is 0 Å². The summed E-state index contributed by atoms with van der Waals surface area (Å²) in [5.74, 6) is -0.335. The van der Waals surface area contributed by atoms with Crippen LogP contribution in [0.4, 0.5) is 11.4 Å². The third kappa shape index (κ3) is 3.40. The van der Waals surface area contributed by atoms with Crippen molar-refractivity contribution < 1.29 is 9.72 Å². The summed E-state index contributed by atoms with van der Waals surface area (Å²) < 4.78 is 1.44. The Bertz CT molecular complexity index is 962. The van der Waals surface area contributed by atoms with Crippen molar-refractivity contribution in [3.05, 3.63) is 81.7 Å². The molecule has 0 aliphatic carbocycles. The quantitative estimate of drug-likeness (QED) is 0.581. The molecule has 0 spiro atoms. The predicted octanol–water partition coefficient (Wildman–Crippen LogP) is 3.65. The molecule has 1 aromatic heterocycles. The molecule has 0 saturated carbocycles. The molecule has 25 heavy (non-hydrogen) atoms. The lowest BCUT2D eigenvalue weighted by atomic mass is 10.1. The van der Waals surface area contributed by atoms with Crippen molar-refractivity contribution in [3.8, 4) is 5.69 Å². The molecule has 0 aliphatic heterocycles. The number of aryl methyl sites for hydroxylation is 1. The highest BCUT2D eigenvalue weighted by molar-refractivity contribution is 6.03. The topological polar surface area (TPSA) is 90.1 Å². The van der Waals surface area contributed by atoms with Gasteiger partial charge in [-0.05, 0) is 43.2 Å². The van der Waals surface area contributed by atoms with Crippen LogP contribution in [0.15, 0.2) is 54.7 Å². The molecule has 0 unspecified atom stereocenters. The van der Waals surface area contributed by atoms with Crippen molar-refractivity contribution in [1.82, 2.24) is 9.78 Å². The van der Waals surface area contributed by atoms with Gasteiger partial charge in [0.05, 0.1) is 10.6 Å². The molecule has 3 rings (SSSR count). The van der Waals surface area contributed by atoms with Gasteiger partial charge in [-0.1, -0.05) is 18.2 Å². The van der Waals surface area contributed by atoms with Crippen LogP contribution >= 0.6 is 0 Å². The summed E-state index contributed by atoms with van der Waals surface area (Å²) in [7, 11) is 0. The molecule has 0 aliphatic rings. The van der Waals surface area contributed by atoms with Crippen molar-refractivity contribution in [2.75, 3.05) is 5.32 Å². The second kappa shape index (κ2) is 6.56. The number of nitro benzene ring substituents is 1. The van der Waals surface area contributed by atoms with Crippen molar-refractivity contribution in [3.63, 3.8) is 0 Å². The Morgan fingerprint density at radius 3 is 2.68 bits per heavy atom. The van der Waals surface area contributed by atoms with E-state index < -0.39 is 4.92 Å². The number of rotatable bonds is 4. The fraction of sp³-hybridized carbons (Fsp3) is 0.111. The number of amides is 1. The van der Waals surface area contributed by atoms with Gasteiger partial charge in [0.15, 0.2) is 5.69 Å². The third-order valence-electron chi connectivity index (χ3n) is 3.98. The van der Waals surface area contributed by atoms with Gasteiger partial charge < -0.3 is 5.32 Å². The van der Waals surface area contributed by atoms with Crippen LogP contribution in [0.3, 0.4) is 0 Å². The zero-order chi connectivity index (χ0) is 18.0. The van der Waals surface area contributed by atoms with E-state index in [1.165, 1.54) is 16.8 Å². The second-order valence-corrected chi connectivity index (χ2v) is 5.62. The fourth-order valence-electron chi connectivity index (χ4n) is 2.41. The van der Waals surface area contributed by atoms with E-state index in [0.717, 1.165) is 16.8 Å². The average Bonchev–Trinajstić information content (AvgIpc) is 3.09. The number of nitro groups is 1. The lowest BCUT2D eigenvalue weighted by molar-refractivity contribution is -0.384. The monoisotopic (exact) mass is 336 g/mol. The zero-order valence-electron chi connectivity index (χ0n) is 13.8. The molecule has 0 fully saturated rings. The Morgan fingerprint density at radius 1 is 1.16 bits per heavy atom. The molecule has 0 saturated heterocycles. The SMILES string of the molecule is Cc1cccc(NC(=O)c2ccn(-c3cccc([N+](=O)[O-])c3)n2)c1C. The Hall–Kier alpha value is -3.48. The molecule has 0 bridgehead atoms. The molecule has 2 aromatic carbocycles. The van der Waals surface area contributed by atoms with E-state index in [1.807, 2.05) is 32.0 Å². The van der Waals surface area contributed by atoms with Gasteiger partial charge in [-0.2, -0.15) is 5.10 Å². The number of carbonyl (C=O) groups is 1. The highest BCUT2D eigenvalue weighted by atomic mass is 16.6. The minimum atomic E-state index is -0.471. The van der Waals surface area contributed by atoms with Crippen molar-refractivity contribution in [2.45, 2.75) is 13.8 Å². The Balaban J connectivity index is 1.83. The largest absolute Gasteiger partial charge is 0.320 e. The van der Waals surface area contributed by atoms with E-state index in [0.29, 0.717) is 5.69 Å². The lowest BCUT2D eigenvalue weighted by Crippen LogP contribution is -2.14. The molecule has 7 heteroatoms. The van der Waals surface area contributed by atoms with E-state index >= 15 is 0 Å². The number of nitrogens with one attached hydrogen (secondary N) is 1. The summed E-state index contributed by atoms with van der Waals surface area (Å²) in [5.41, 5.74) is 3.52. The lowest BCUT2D eigenvalue weighted by Gasteiger charge is -2.09. The van der Waals surface area contributed by atoms with Gasteiger partial charge in [0.2, 0.25) is 0 Å². The predicted molar refractivity (Wildman–Crippen MR) is 94.1 cm³/mol. The van der Waals surface area contributed by atoms with E-state index in [9.17, 15) is 14.9 Å². The molecule has 1 amide bonds. The first kappa shape index (κ1) is 16.4. The Kier molecular flexibility index (Phi) is 4.30. The minimum Gasteiger partial charge on any atom is -0.320 e. The van der Waals surface area contributed by atoms with Crippen molar-refractivity contribution >= 4 is 17.3 Å². The molecule has 7 nitrogen and oxygen atoms in total. The van der Waals surface area contributed by atoms with Gasteiger partial charge in [-0.3, -0.25) is 14.9 Å². The number of nitrogens with zero attached hydrogens (tertiary/aromatic N) is 3. The maximum atomic E-state index is 12.4. The van der Waals surface area contributed by atoms with E-state index in [-0.39, 0.29) is 17.3 Å². The summed E-state index contributed by atoms with van der Waals surface area (Å²) in [4.78, 5) is 22.8. The zero-order valence-corrected chi connectivity index (χ0v) is 13.8. The van der Waals surface area contributed by atoms with E-state index in [4.69, 9.17) is 0 Å². The van der Waals surface area contributed by atoms with Gasteiger partial charge in [-0.25, -0.2) is 4.68 Å². The number of benzene rings is 2. The standard InChI is InChI=1S/C18H16N4O3/c1-12-5-3-8-16(13(12)2)19-18(23)17-9-10-21(20-17)14-6-4-7-15(11-14)22(24)25/h3-11H,1-2H3,(H,19,23). The van der Waals surface area contributed by atoms with Crippen LogP contribution in [0.2, 0.25) is 0 Å². The first-order chi connectivity index (χ1) is 12.0. The van der Waals surface area contributed by atoms with Crippen molar-refractivity contribution in [1.29, 1.82) is 0 Å². The number of hydrogen-bond acceptors (Lipinski definition) is 4. The van der Waals surface area contributed by atoms with E-state index in [1.54, 1.807) is 24.4 Å². The smallest absolute Gasteiger partial charge is 0.276 e. The molecule has 0 radical (unpaired) electrons. The van der Waals surface area contributed by atoms with Crippen LogP contribution in [0.25, 0.3) is 5.69 Å². The van der Waals surface area contributed by atoms with Crippen LogP contribution in [-0.4, -0.2) is 20.6 Å². The highest BCUT2D eigenvalue weighted by Gasteiger charge is 2.13. The molecular formula is C18H16N4O3. The summed E-state index contributed by atoms with van der Waals surface area (Å²) >= 11 is 0. The number of non-ortho nitro benzene ring substituents is 1. The van der Waals surface area contributed by atoms with Crippen LogP contribution in [0.5, 0.6) is 0 Å². The Morgan fingerprint density at radius 2 is 1.92 bits per heavy atom. The van der Waals surface area contributed by atoms with Crippen molar-refractivity contribution in [2.24, 2.45) is 0 Å². The normalized spacial score (nSPS) is 10.5. The molecule has 1 N–H and O–H groups in total. The molecule has 0 atom stereocenters. The van der Waals surface area contributed by atoms with Gasteiger partial charge in [0, 0.05) is 24.0 Å². The molecule has 126 valence electrons. The maximum Gasteiger partial charge on any atom is 0.276 e. The molecular weight excluding hydrogens is 320 g/mol. The Labute approximate surface area is 144 Å². The van der Waals surface area contributed by atoms with Crippen LogP contribution in [0, 0.1) is 24.0 Å². The first-order valence-corrected chi connectivity index (χ1v) is 7.64. The summed E-state index contributed by atoms with van der Waals surface area (Å²) in [6.45, 7) is 3.91. The van der Waals surface area contributed by atoms with E-state index in [2.05, 4.69) is 10.4 Å². The molecule has 1 heterocycles. The molecule has 3 aromatic rings. The van der Waals surface area contributed by atoms with Crippen LogP contribution < -0.4 is 5.32 Å². The maximum absolute atomic E-state index is 12.4. The van der Waals surface area contributed by atoms with Crippen LogP contribution in [-0.2, 0) is 0 Å². The number of hydrogen-bond donors (Lipinski definition) is 1. The first-order valence-electron chi connectivity index (χ1n) is 7.64. The van der Waals surface area contributed by atoms with Crippen LogP contribution in [0.1, 0.15) is 21.6 Å². The number of aromatic nitrogens is 2. The third-order valence-corrected chi connectivity index (χ3v) is 3.98. The summed E-state index contributed by atoms with van der Waals surface area (Å²) in [6.07, 6.45) is 1.59. The second-order valence-electron chi connectivity index (χ2n) is 5.62. The van der Waals surface area contributed by atoms with Gasteiger partial charge >= 0.3 is 0 Å². The summed E-state index contributed by atoms with van der Waals surface area (Å²) in [6, 6.07) is 13.3. The number of anilines is 1. The number of carbonyl (C=O) groups excluding carboxylic acids is 1. The summed E-state index contributed by atoms with van der Waals surface area (Å²) in [5, 5.41) is 17.9.